The van der Waals surface area contributed by atoms with Crippen LogP contribution in [0, 0.1) is 5.92 Å². The molecule has 194 valence electrons. The third-order valence-corrected chi connectivity index (χ3v) is 5.95. The fourth-order valence-corrected chi connectivity index (χ4v) is 4.29. The minimum Gasteiger partial charge on any atom is -0.439 e. The highest BCUT2D eigenvalue weighted by molar-refractivity contribution is 5.65. The molecule has 0 saturated carbocycles. The lowest BCUT2D eigenvalue weighted by Crippen LogP contribution is -2.34. The Morgan fingerprint density at radius 3 is 2.11 bits per heavy atom. The first-order chi connectivity index (χ1) is 18.0. The second-order valence-electron chi connectivity index (χ2n) is 9.78. The van der Waals surface area contributed by atoms with Crippen molar-refractivity contribution >= 4 is 0 Å². The fourth-order valence-electron chi connectivity index (χ4n) is 4.29. The zero-order valence-corrected chi connectivity index (χ0v) is 22.0. The number of benzene rings is 3. The molecule has 4 aromatic rings. The van der Waals surface area contributed by atoms with E-state index in [-0.39, 0.29) is 0 Å². The SMILES string of the molecule is CC(C)COCC(O)CN(Cc1ccccc1)Cc1c(-c2ccccc2)nn(C)c1Oc1ccccc1. The third kappa shape index (κ3) is 7.76. The number of nitrogens with zero attached hydrogens (tertiary/aromatic N) is 3. The van der Waals surface area contributed by atoms with Gasteiger partial charge in [0.1, 0.15) is 11.4 Å². The Morgan fingerprint density at radius 1 is 0.838 bits per heavy atom. The Hall–Kier alpha value is -3.45. The van der Waals surface area contributed by atoms with Gasteiger partial charge in [0, 0.05) is 38.9 Å². The van der Waals surface area contributed by atoms with Gasteiger partial charge in [-0.3, -0.25) is 4.90 Å². The van der Waals surface area contributed by atoms with Crippen LogP contribution < -0.4 is 4.74 Å². The molecule has 0 radical (unpaired) electrons. The van der Waals surface area contributed by atoms with Gasteiger partial charge in [-0.1, -0.05) is 92.7 Å². The summed E-state index contributed by atoms with van der Waals surface area (Å²) in [6.45, 7) is 6.83. The van der Waals surface area contributed by atoms with Crippen molar-refractivity contribution in [3.8, 4) is 22.9 Å². The van der Waals surface area contributed by atoms with Gasteiger partial charge in [-0.05, 0) is 23.6 Å². The van der Waals surface area contributed by atoms with Crippen molar-refractivity contribution < 1.29 is 14.6 Å². The summed E-state index contributed by atoms with van der Waals surface area (Å²) in [7, 11) is 1.91. The highest BCUT2D eigenvalue weighted by atomic mass is 16.5. The van der Waals surface area contributed by atoms with Crippen molar-refractivity contribution in [3.05, 3.63) is 102 Å². The van der Waals surface area contributed by atoms with Gasteiger partial charge in [-0.15, -0.1) is 0 Å². The van der Waals surface area contributed by atoms with Gasteiger partial charge in [0.05, 0.1) is 18.3 Å². The van der Waals surface area contributed by atoms with Crippen LogP contribution in [0.3, 0.4) is 0 Å². The lowest BCUT2D eigenvalue weighted by molar-refractivity contribution is 0.00548. The van der Waals surface area contributed by atoms with Crippen LogP contribution in [-0.4, -0.2) is 45.6 Å². The van der Waals surface area contributed by atoms with Gasteiger partial charge in [0.15, 0.2) is 0 Å². The molecule has 1 N–H and O–H groups in total. The van der Waals surface area contributed by atoms with Crippen molar-refractivity contribution in [1.82, 2.24) is 14.7 Å². The van der Waals surface area contributed by atoms with Crippen molar-refractivity contribution in [2.24, 2.45) is 13.0 Å². The molecule has 0 spiro atoms. The van der Waals surface area contributed by atoms with E-state index in [9.17, 15) is 5.11 Å². The van der Waals surface area contributed by atoms with Gasteiger partial charge < -0.3 is 14.6 Å². The summed E-state index contributed by atoms with van der Waals surface area (Å²) < 4.78 is 13.9. The molecule has 1 atom stereocenters. The Labute approximate surface area is 220 Å². The molecule has 37 heavy (non-hydrogen) atoms. The van der Waals surface area contributed by atoms with Crippen LogP contribution in [-0.2, 0) is 24.9 Å². The Kier molecular flexibility index (Phi) is 9.49. The maximum Gasteiger partial charge on any atom is 0.222 e. The maximum atomic E-state index is 10.9. The minimum absolute atomic E-state index is 0.301. The number of ether oxygens (including phenoxy) is 2. The topological polar surface area (TPSA) is 59.8 Å². The van der Waals surface area contributed by atoms with Crippen LogP contribution in [0.2, 0.25) is 0 Å². The molecule has 1 heterocycles. The Balaban J connectivity index is 1.66. The second-order valence-corrected chi connectivity index (χ2v) is 9.78. The smallest absolute Gasteiger partial charge is 0.222 e. The van der Waals surface area contributed by atoms with Gasteiger partial charge in [0.2, 0.25) is 5.88 Å². The highest BCUT2D eigenvalue weighted by Gasteiger charge is 2.23. The number of aliphatic hydroxyl groups excluding tert-OH is 1. The lowest BCUT2D eigenvalue weighted by atomic mass is 10.1. The maximum absolute atomic E-state index is 10.9. The molecule has 0 aliphatic carbocycles. The predicted octanol–water partition coefficient (Wildman–Crippen LogP) is 5.92. The Bertz CT molecular complexity index is 1210. The monoisotopic (exact) mass is 499 g/mol. The van der Waals surface area contributed by atoms with Gasteiger partial charge in [-0.25, -0.2) is 4.68 Å². The van der Waals surface area contributed by atoms with E-state index in [0.717, 1.165) is 22.6 Å². The summed E-state index contributed by atoms with van der Waals surface area (Å²) in [5, 5.41) is 15.7. The highest BCUT2D eigenvalue weighted by Crippen LogP contribution is 2.34. The molecule has 6 heteroatoms. The van der Waals surface area contributed by atoms with E-state index in [1.54, 1.807) is 4.68 Å². The number of aryl methyl sites for hydroxylation is 1. The minimum atomic E-state index is -0.613. The molecule has 0 saturated heterocycles. The summed E-state index contributed by atoms with van der Waals surface area (Å²) in [5.41, 5.74) is 4.05. The quantitative estimate of drug-likeness (QED) is 0.248. The molecule has 0 aliphatic rings. The number of rotatable bonds is 13. The number of hydrogen-bond donors (Lipinski definition) is 1. The summed E-state index contributed by atoms with van der Waals surface area (Å²) in [6.07, 6.45) is -0.613. The standard InChI is InChI=1S/C31H37N3O3/c1-24(2)22-36-23-27(35)20-34(19-25-13-7-4-8-14-25)21-29-30(26-15-9-5-10-16-26)32-33(3)31(29)37-28-17-11-6-12-18-28/h4-18,24,27,35H,19-23H2,1-3H3. The van der Waals surface area contributed by atoms with Gasteiger partial charge >= 0.3 is 0 Å². The van der Waals surface area contributed by atoms with Crippen molar-refractivity contribution in [3.63, 3.8) is 0 Å². The van der Waals surface area contributed by atoms with Crippen LogP contribution in [0.5, 0.6) is 11.6 Å². The molecule has 0 bridgehead atoms. The van der Waals surface area contributed by atoms with E-state index in [1.165, 1.54) is 5.56 Å². The number of para-hydroxylation sites is 1. The fraction of sp³-hybridized carbons (Fsp3) is 0.323. The molecular weight excluding hydrogens is 462 g/mol. The molecular formula is C31H37N3O3. The van der Waals surface area contributed by atoms with E-state index in [1.807, 2.05) is 73.8 Å². The van der Waals surface area contributed by atoms with Crippen LogP contribution >= 0.6 is 0 Å². The molecule has 4 rings (SSSR count). The van der Waals surface area contributed by atoms with E-state index in [0.29, 0.717) is 44.6 Å². The van der Waals surface area contributed by atoms with Crippen LogP contribution in [0.1, 0.15) is 25.0 Å². The molecule has 0 aliphatic heterocycles. The average molecular weight is 500 g/mol. The van der Waals surface area contributed by atoms with E-state index in [2.05, 4.69) is 43.0 Å². The summed E-state index contributed by atoms with van der Waals surface area (Å²) in [6, 6.07) is 30.2. The van der Waals surface area contributed by atoms with Gasteiger partial charge in [-0.2, -0.15) is 5.10 Å². The zero-order chi connectivity index (χ0) is 26.0. The number of aromatic nitrogens is 2. The predicted molar refractivity (Wildman–Crippen MR) is 147 cm³/mol. The normalized spacial score (nSPS) is 12.3. The Morgan fingerprint density at radius 2 is 1.46 bits per heavy atom. The summed E-state index contributed by atoms with van der Waals surface area (Å²) >= 11 is 0. The first kappa shape index (κ1) is 26.6. The molecule has 1 unspecified atom stereocenters. The largest absolute Gasteiger partial charge is 0.439 e. The first-order valence-electron chi connectivity index (χ1n) is 12.9. The number of aliphatic hydroxyl groups is 1. The molecule has 6 nitrogen and oxygen atoms in total. The van der Waals surface area contributed by atoms with Crippen molar-refractivity contribution in [1.29, 1.82) is 0 Å². The first-order valence-corrected chi connectivity index (χ1v) is 12.9. The van der Waals surface area contributed by atoms with E-state index in [4.69, 9.17) is 14.6 Å². The molecule has 1 aromatic heterocycles. The molecule has 3 aromatic carbocycles. The third-order valence-electron chi connectivity index (χ3n) is 5.95. The van der Waals surface area contributed by atoms with Gasteiger partial charge in [0.25, 0.3) is 0 Å². The number of hydrogen-bond acceptors (Lipinski definition) is 5. The second kappa shape index (κ2) is 13.2. The average Bonchev–Trinajstić information content (AvgIpc) is 3.20. The van der Waals surface area contributed by atoms with Crippen LogP contribution in [0.15, 0.2) is 91.0 Å². The van der Waals surface area contributed by atoms with Crippen molar-refractivity contribution in [2.45, 2.75) is 33.0 Å². The summed E-state index contributed by atoms with van der Waals surface area (Å²) in [4.78, 5) is 2.24. The van der Waals surface area contributed by atoms with E-state index >= 15 is 0 Å². The summed E-state index contributed by atoms with van der Waals surface area (Å²) in [5.74, 6) is 1.87. The van der Waals surface area contributed by atoms with E-state index < -0.39 is 6.10 Å². The zero-order valence-electron chi connectivity index (χ0n) is 22.0. The van der Waals surface area contributed by atoms with Crippen LogP contribution in [0.4, 0.5) is 0 Å². The van der Waals surface area contributed by atoms with Crippen LogP contribution in [0.25, 0.3) is 11.3 Å². The molecule has 0 amide bonds. The van der Waals surface area contributed by atoms with Crippen molar-refractivity contribution in [2.75, 3.05) is 19.8 Å². The molecule has 0 fully saturated rings. The lowest BCUT2D eigenvalue weighted by Gasteiger charge is -2.26.